The van der Waals surface area contributed by atoms with Crippen LogP contribution in [0.1, 0.15) is 15.9 Å². The third-order valence-corrected chi connectivity index (χ3v) is 5.21. The lowest BCUT2D eigenvalue weighted by Gasteiger charge is -2.25. The van der Waals surface area contributed by atoms with Gasteiger partial charge in [0.05, 0.1) is 0 Å². The second-order valence-corrected chi connectivity index (χ2v) is 7.64. The van der Waals surface area contributed by atoms with Crippen LogP contribution < -0.4 is 19.5 Å². The second kappa shape index (κ2) is 10.7. The summed E-state index contributed by atoms with van der Waals surface area (Å²) < 4.78 is 21.8. The highest BCUT2D eigenvalue weighted by Crippen LogP contribution is 2.30. The summed E-state index contributed by atoms with van der Waals surface area (Å²) in [5.41, 5.74) is 0.885. The zero-order chi connectivity index (χ0) is 23.9. The van der Waals surface area contributed by atoms with Gasteiger partial charge in [0, 0.05) is 10.6 Å². The van der Waals surface area contributed by atoms with E-state index in [0.29, 0.717) is 16.5 Å². The summed E-state index contributed by atoms with van der Waals surface area (Å²) in [5.74, 6) is -1.07. The minimum atomic E-state index is -1.01. The number of hydrogen-bond acceptors (Lipinski definition) is 7. The summed E-state index contributed by atoms with van der Waals surface area (Å²) >= 11 is 6.14. The molecule has 0 saturated heterocycles. The molecule has 0 fully saturated rings. The number of amides is 2. The average Bonchev–Trinajstić information content (AvgIpc) is 2.86. The number of hydrogen-bond donors (Lipinski definition) is 1. The first-order chi connectivity index (χ1) is 16.5. The minimum absolute atomic E-state index is 0.0495. The zero-order valence-electron chi connectivity index (χ0n) is 17.9. The predicted octanol–water partition coefficient (Wildman–Crippen LogP) is 3.56. The Balaban J connectivity index is 1.29. The van der Waals surface area contributed by atoms with Gasteiger partial charge in [-0.1, -0.05) is 54.1 Å². The predicted molar refractivity (Wildman–Crippen MR) is 122 cm³/mol. The summed E-state index contributed by atoms with van der Waals surface area (Å²) in [6.07, 6.45) is -1.01. The number of nitrogens with one attached hydrogen (secondary N) is 1. The van der Waals surface area contributed by atoms with E-state index in [2.05, 4.69) is 5.32 Å². The van der Waals surface area contributed by atoms with Crippen LogP contribution in [0.4, 0.5) is 0 Å². The van der Waals surface area contributed by atoms with Crippen LogP contribution in [0.25, 0.3) is 0 Å². The second-order valence-electron chi connectivity index (χ2n) is 7.23. The van der Waals surface area contributed by atoms with E-state index in [9.17, 15) is 14.4 Å². The van der Waals surface area contributed by atoms with Crippen LogP contribution in [0.15, 0.2) is 72.8 Å². The van der Waals surface area contributed by atoms with Crippen molar-refractivity contribution in [1.29, 1.82) is 0 Å². The van der Waals surface area contributed by atoms with Gasteiger partial charge >= 0.3 is 5.97 Å². The van der Waals surface area contributed by atoms with E-state index in [1.165, 1.54) is 6.07 Å². The molecule has 8 nitrogen and oxygen atoms in total. The molecule has 0 aliphatic carbocycles. The number of esters is 1. The molecular formula is C25H20ClNO7. The number of para-hydroxylation sites is 3. The topological polar surface area (TPSA) is 100 Å². The van der Waals surface area contributed by atoms with Crippen LogP contribution in [0.3, 0.4) is 0 Å². The van der Waals surface area contributed by atoms with E-state index in [1.807, 2.05) is 12.1 Å². The van der Waals surface area contributed by atoms with Gasteiger partial charge in [-0.15, -0.1) is 0 Å². The highest BCUT2D eigenvalue weighted by molar-refractivity contribution is 6.31. The fraction of sp³-hybridized carbons (Fsp3) is 0.160. The summed E-state index contributed by atoms with van der Waals surface area (Å²) in [4.78, 5) is 37.0. The molecule has 3 aromatic carbocycles. The number of fused-ring (bicyclic) bond motifs is 1. The third kappa shape index (κ3) is 5.65. The Labute approximate surface area is 200 Å². The van der Waals surface area contributed by atoms with Crippen LogP contribution in [0, 0.1) is 0 Å². The van der Waals surface area contributed by atoms with Crippen LogP contribution in [-0.4, -0.2) is 37.1 Å². The van der Waals surface area contributed by atoms with E-state index in [1.54, 1.807) is 54.6 Å². The molecule has 174 valence electrons. The molecule has 1 aliphatic rings. The molecule has 0 unspecified atom stereocenters. The Morgan fingerprint density at radius 1 is 0.941 bits per heavy atom. The Morgan fingerprint density at radius 2 is 1.65 bits per heavy atom. The van der Waals surface area contributed by atoms with E-state index >= 15 is 0 Å². The lowest BCUT2D eigenvalue weighted by Crippen LogP contribution is -2.47. The van der Waals surface area contributed by atoms with Crippen molar-refractivity contribution in [2.45, 2.75) is 12.7 Å². The zero-order valence-corrected chi connectivity index (χ0v) is 18.6. The van der Waals surface area contributed by atoms with Crippen molar-refractivity contribution in [2.24, 2.45) is 0 Å². The van der Waals surface area contributed by atoms with Crippen molar-refractivity contribution >= 4 is 29.4 Å². The molecule has 0 radical (unpaired) electrons. The number of ether oxygens (including phenoxy) is 4. The van der Waals surface area contributed by atoms with Gasteiger partial charge in [0.25, 0.3) is 11.8 Å². The van der Waals surface area contributed by atoms with Crippen molar-refractivity contribution in [2.75, 3.05) is 13.2 Å². The normalized spacial score (nSPS) is 14.1. The van der Waals surface area contributed by atoms with Gasteiger partial charge in [-0.05, 0) is 30.3 Å². The fourth-order valence-corrected chi connectivity index (χ4v) is 3.33. The Kier molecular flexibility index (Phi) is 7.29. The Morgan fingerprint density at radius 3 is 2.47 bits per heavy atom. The molecule has 2 amide bonds. The van der Waals surface area contributed by atoms with Gasteiger partial charge in [0.1, 0.15) is 24.5 Å². The molecule has 34 heavy (non-hydrogen) atoms. The quantitative estimate of drug-likeness (QED) is 0.515. The monoisotopic (exact) mass is 481 g/mol. The Bertz CT molecular complexity index is 1210. The number of halogens is 1. The molecule has 9 heteroatoms. The molecule has 1 N–H and O–H groups in total. The van der Waals surface area contributed by atoms with Gasteiger partial charge in [-0.2, -0.15) is 0 Å². The fourth-order valence-electron chi connectivity index (χ4n) is 3.14. The highest BCUT2D eigenvalue weighted by Gasteiger charge is 2.28. The smallest absolute Gasteiger partial charge is 0.342 e. The van der Waals surface area contributed by atoms with Crippen molar-refractivity contribution in [1.82, 2.24) is 5.32 Å². The van der Waals surface area contributed by atoms with Gasteiger partial charge in [0.2, 0.25) is 6.10 Å². The molecule has 0 aromatic heterocycles. The van der Waals surface area contributed by atoms with Crippen molar-refractivity contribution in [3.05, 3.63) is 88.9 Å². The number of benzene rings is 3. The summed E-state index contributed by atoms with van der Waals surface area (Å²) in [6.45, 7) is -0.564. The number of carbonyl (C=O) groups excluding carboxylic acids is 3. The van der Waals surface area contributed by atoms with Gasteiger partial charge in [0.15, 0.2) is 18.1 Å². The van der Waals surface area contributed by atoms with Crippen molar-refractivity contribution in [3.8, 4) is 17.2 Å². The molecule has 1 aliphatic heterocycles. The van der Waals surface area contributed by atoms with Crippen LogP contribution >= 0.6 is 11.6 Å². The van der Waals surface area contributed by atoms with Crippen LogP contribution in [-0.2, 0) is 20.9 Å². The van der Waals surface area contributed by atoms with E-state index in [4.69, 9.17) is 30.5 Å². The van der Waals surface area contributed by atoms with Gasteiger partial charge in [-0.25, -0.2) is 4.79 Å². The highest BCUT2D eigenvalue weighted by atomic mass is 35.5. The standard InChI is InChI=1S/C25H20ClNO7/c26-18-9-3-1-7-16(18)13-31-19-10-4-2-8-17(19)25(30)33-15-23(28)27-24(29)22-14-32-20-11-5-6-12-21(20)34-22/h1-12,22H,13-15H2,(H,27,28,29)/t22-/m0/s1. The van der Waals surface area contributed by atoms with Crippen LogP contribution in [0.2, 0.25) is 5.02 Å². The SMILES string of the molecule is O=C(COC(=O)c1ccccc1OCc1ccccc1Cl)NC(=O)[C@@H]1COc2ccccc2O1. The lowest BCUT2D eigenvalue weighted by atomic mass is 10.2. The largest absolute Gasteiger partial charge is 0.488 e. The first kappa shape index (κ1) is 23.1. The third-order valence-electron chi connectivity index (χ3n) is 4.85. The number of carbonyl (C=O) groups is 3. The van der Waals surface area contributed by atoms with Gasteiger partial charge < -0.3 is 18.9 Å². The van der Waals surface area contributed by atoms with E-state index < -0.39 is 30.5 Å². The van der Waals surface area contributed by atoms with E-state index in [0.717, 1.165) is 5.56 Å². The van der Waals surface area contributed by atoms with Crippen molar-refractivity contribution in [3.63, 3.8) is 0 Å². The molecule has 0 saturated carbocycles. The molecule has 0 spiro atoms. The number of rotatable bonds is 7. The number of imide groups is 1. The minimum Gasteiger partial charge on any atom is -0.488 e. The van der Waals surface area contributed by atoms with E-state index in [-0.39, 0.29) is 24.5 Å². The molecule has 0 bridgehead atoms. The van der Waals surface area contributed by atoms with Crippen molar-refractivity contribution < 1.29 is 33.3 Å². The Hall–Kier alpha value is -4.04. The molecule has 4 rings (SSSR count). The van der Waals surface area contributed by atoms with Crippen LogP contribution in [0.5, 0.6) is 17.2 Å². The maximum Gasteiger partial charge on any atom is 0.342 e. The molecule has 1 atom stereocenters. The first-order valence-electron chi connectivity index (χ1n) is 10.4. The first-order valence-corrected chi connectivity index (χ1v) is 10.7. The summed E-state index contributed by atoms with van der Waals surface area (Å²) in [6, 6.07) is 20.5. The molecular weight excluding hydrogens is 462 g/mol. The maximum absolute atomic E-state index is 12.5. The maximum atomic E-state index is 12.5. The average molecular weight is 482 g/mol. The molecule has 3 aromatic rings. The summed E-state index contributed by atoms with van der Waals surface area (Å²) in [5, 5.41) is 2.69. The molecule has 1 heterocycles. The summed E-state index contributed by atoms with van der Waals surface area (Å²) in [7, 11) is 0. The van der Waals surface area contributed by atoms with Gasteiger partial charge in [-0.3, -0.25) is 14.9 Å². The lowest BCUT2D eigenvalue weighted by molar-refractivity contribution is -0.137.